The van der Waals surface area contributed by atoms with Crippen molar-refractivity contribution in [2.45, 2.75) is 6.42 Å². The average molecular weight is 177 g/mol. The highest BCUT2D eigenvalue weighted by Crippen LogP contribution is 2.29. The summed E-state index contributed by atoms with van der Waals surface area (Å²) in [5, 5.41) is 0. The molecule has 0 atom stereocenters. The number of amides is 1. The van der Waals surface area contributed by atoms with E-state index in [0.717, 1.165) is 11.4 Å². The van der Waals surface area contributed by atoms with Gasteiger partial charge in [-0.1, -0.05) is 12.1 Å². The van der Waals surface area contributed by atoms with Crippen LogP contribution in [-0.2, 0) is 4.79 Å². The first kappa shape index (κ1) is 8.10. The minimum Gasteiger partial charge on any atom is -0.491 e. The zero-order chi connectivity index (χ0) is 9.26. The summed E-state index contributed by atoms with van der Waals surface area (Å²) in [7, 11) is 1.77. The predicted octanol–water partition coefficient (Wildman–Crippen LogP) is 1.43. The van der Waals surface area contributed by atoms with Crippen LogP contribution in [0, 0.1) is 0 Å². The van der Waals surface area contributed by atoms with Crippen LogP contribution in [0.4, 0.5) is 5.69 Å². The van der Waals surface area contributed by atoms with Gasteiger partial charge in [-0.15, -0.1) is 0 Å². The van der Waals surface area contributed by atoms with Crippen LogP contribution in [0.5, 0.6) is 5.75 Å². The maximum Gasteiger partial charge on any atom is 0.230 e. The number of fused-ring (bicyclic) bond motifs is 1. The van der Waals surface area contributed by atoms with Crippen LogP contribution in [0.15, 0.2) is 24.3 Å². The first-order valence-corrected chi connectivity index (χ1v) is 4.27. The van der Waals surface area contributed by atoms with Crippen molar-refractivity contribution in [1.29, 1.82) is 0 Å². The summed E-state index contributed by atoms with van der Waals surface area (Å²) in [5.41, 5.74) is 0.852. The molecule has 1 aromatic carbocycles. The highest BCUT2D eigenvalue weighted by Gasteiger charge is 2.18. The smallest absolute Gasteiger partial charge is 0.230 e. The van der Waals surface area contributed by atoms with Gasteiger partial charge in [0.05, 0.1) is 18.7 Å². The van der Waals surface area contributed by atoms with Crippen LogP contribution in [0.2, 0.25) is 0 Å². The first-order valence-electron chi connectivity index (χ1n) is 4.27. The summed E-state index contributed by atoms with van der Waals surface area (Å²) in [6, 6.07) is 7.57. The summed E-state index contributed by atoms with van der Waals surface area (Å²) < 4.78 is 5.43. The topological polar surface area (TPSA) is 29.5 Å². The maximum atomic E-state index is 11.4. The molecular formula is C10H11NO2. The Balaban J connectivity index is 2.46. The van der Waals surface area contributed by atoms with Crippen LogP contribution in [-0.4, -0.2) is 19.6 Å². The molecule has 0 fully saturated rings. The van der Waals surface area contributed by atoms with Gasteiger partial charge in [0.15, 0.2) is 0 Å². The van der Waals surface area contributed by atoms with Crippen molar-refractivity contribution < 1.29 is 9.53 Å². The fraction of sp³-hybridized carbons (Fsp3) is 0.300. The zero-order valence-corrected chi connectivity index (χ0v) is 7.49. The van der Waals surface area contributed by atoms with Crippen LogP contribution < -0.4 is 9.64 Å². The van der Waals surface area contributed by atoms with Crippen molar-refractivity contribution in [1.82, 2.24) is 0 Å². The van der Waals surface area contributed by atoms with Gasteiger partial charge in [0.25, 0.3) is 0 Å². The molecule has 0 aliphatic carbocycles. The monoisotopic (exact) mass is 177 g/mol. The first-order chi connectivity index (χ1) is 6.29. The van der Waals surface area contributed by atoms with Crippen LogP contribution in [0.3, 0.4) is 0 Å². The second-order valence-electron chi connectivity index (χ2n) is 3.02. The molecule has 0 N–H and O–H groups in total. The molecule has 1 aromatic rings. The predicted molar refractivity (Wildman–Crippen MR) is 50.0 cm³/mol. The molecule has 3 heteroatoms. The van der Waals surface area contributed by atoms with Gasteiger partial charge in [-0.3, -0.25) is 4.79 Å². The zero-order valence-electron chi connectivity index (χ0n) is 7.49. The Morgan fingerprint density at radius 1 is 1.38 bits per heavy atom. The molecule has 1 heterocycles. The number of hydrogen-bond acceptors (Lipinski definition) is 2. The minimum absolute atomic E-state index is 0.102. The van der Waals surface area contributed by atoms with Crippen LogP contribution in [0.1, 0.15) is 6.42 Å². The van der Waals surface area contributed by atoms with Crippen molar-refractivity contribution in [3.63, 3.8) is 0 Å². The molecule has 0 aromatic heterocycles. The summed E-state index contributed by atoms with van der Waals surface area (Å²) in [6.07, 6.45) is 0.450. The molecule has 0 spiro atoms. The van der Waals surface area contributed by atoms with Gasteiger partial charge in [0, 0.05) is 7.05 Å². The Hall–Kier alpha value is -1.51. The Kier molecular flexibility index (Phi) is 1.93. The molecule has 0 unspecified atom stereocenters. The van der Waals surface area contributed by atoms with Gasteiger partial charge >= 0.3 is 0 Å². The third-order valence-electron chi connectivity index (χ3n) is 2.17. The Bertz CT molecular complexity index is 335. The lowest BCUT2D eigenvalue weighted by molar-refractivity contribution is -0.118. The molecule has 68 valence electrons. The number of ether oxygens (including phenoxy) is 1. The van der Waals surface area contributed by atoms with Gasteiger partial charge < -0.3 is 9.64 Å². The number of para-hydroxylation sites is 2. The SMILES string of the molecule is CN1C(=O)CCOc2ccccc21. The van der Waals surface area contributed by atoms with Crippen molar-refractivity contribution in [2.24, 2.45) is 0 Å². The lowest BCUT2D eigenvalue weighted by Crippen LogP contribution is -2.24. The van der Waals surface area contributed by atoms with Crippen molar-refractivity contribution in [2.75, 3.05) is 18.6 Å². The number of hydrogen-bond donors (Lipinski definition) is 0. The van der Waals surface area contributed by atoms with E-state index < -0.39 is 0 Å². The Labute approximate surface area is 76.9 Å². The molecule has 2 rings (SSSR count). The number of anilines is 1. The van der Waals surface area contributed by atoms with E-state index in [2.05, 4.69) is 0 Å². The second-order valence-corrected chi connectivity index (χ2v) is 3.02. The average Bonchev–Trinajstić information content (AvgIpc) is 2.29. The molecule has 3 nitrogen and oxygen atoms in total. The van der Waals surface area contributed by atoms with Gasteiger partial charge in [-0.05, 0) is 12.1 Å². The molecular weight excluding hydrogens is 166 g/mol. The van der Waals surface area contributed by atoms with E-state index >= 15 is 0 Å². The van der Waals surface area contributed by atoms with Crippen molar-refractivity contribution in [3.8, 4) is 5.75 Å². The van der Waals surface area contributed by atoms with Gasteiger partial charge in [0.2, 0.25) is 5.91 Å². The van der Waals surface area contributed by atoms with Crippen molar-refractivity contribution >= 4 is 11.6 Å². The van der Waals surface area contributed by atoms with E-state index in [1.807, 2.05) is 24.3 Å². The Morgan fingerprint density at radius 3 is 3.00 bits per heavy atom. The standard InChI is InChI=1S/C10H11NO2/c1-11-8-4-2-3-5-9(8)13-7-6-10(11)12/h2-5H,6-7H2,1H3. The second kappa shape index (κ2) is 3.09. The van der Waals surface area contributed by atoms with E-state index in [0.29, 0.717) is 13.0 Å². The number of rotatable bonds is 0. The molecule has 1 amide bonds. The highest BCUT2D eigenvalue weighted by molar-refractivity contribution is 5.94. The van der Waals surface area contributed by atoms with E-state index in [1.165, 1.54) is 0 Å². The summed E-state index contributed by atoms with van der Waals surface area (Å²) in [5.74, 6) is 0.890. The molecule has 0 radical (unpaired) electrons. The highest BCUT2D eigenvalue weighted by atomic mass is 16.5. The number of carbonyl (C=O) groups excluding carboxylic acids is 1. The molecule has 0 bridgehead atoms. The summed E-state index contributed by atoms with van der Waals surface area (Å²) in [4.78, 5) is 13.1. The fourth-order valence-corrected chi connectivity index (χ4v) is 1.41. The Morgan fingerprint density at radius 2 is 2.15 bits per heavy atom. The third kappa shape index (κ3) is 1.37. The van der Waals surface area contributed by atoms with Gasteiger partial charge in [0.1, 0.15) is 5.75 Å². The summed E-state index contributed by atoms with van der Waals surface area (Å²) >= 11 is 0. The molecule has 1 aliphatic heterocycles. The number of carbonyl (C=O) groups is 1. The van der Waals surface area contributed by atoms with Crippen LogP contribution >= 0.6 is 0 Å². The fourth-order valence-electron chi connectivity index (χ4n) is 1.41. The van der Waals surface area contributed by atoms with Gasteiger partial charge in [-0.2, -0.15) is 0 Å². The van der Waals surface area contributed by atoms with Crippen LogP contribution in [0.25, 0.3) is 0 Å². The van der Waals surface area contributed by atoms with E-state index in [-0.39, 0.29) is 5.91 Å². The number of benzene rings is 1. The molecule has 0 saturated heterocycles. The lowest BCUT2D eigenvalue weighted by atomic mass is 10.2. The maximum absolute atomic E-state index is 11.4. The minimum atomic E-state index is 0.102. The molecule has 1 aliphatic rings. The van der Waals surface area contributed by atoms with E-state index in [9.17, 15) is 4.79 Å². The number of nitrogens with zero attached hydrogens (tertiary/aromatic N) is 1. The van der Waals surface area contributed by atoms with Gasteiger partial charge in [-0.25, -0.2) is 0 Å². The van der Waals surface area contributed by atoms with Crippen molar-refractivity contribution in [3.05, 3.63) is 24.3 Å². The van der Waals surface area contributed by atoms with E-state index in [1.54, 1.807) is 11.9 Å². The normalized spacial score (nSPS) is 16.1. The quantitative estimate of drug-likeness (QED) is 0.600. The molecule has 13 heavy (non-hydrogen) atoms. The summed E-state index contributed by atoms with van der Waals surface area (Å²) in [6.45, 7) is 0.472. The largest absolute Gasteiger partial charge is 0.491 e. The molecule has 0 saturated carbocycles. The third-order valence-corrected chi connectivity index (χ3v) is 2.17. The van der Waals surface area contributed by atoms with E-state index in [4.69, 9.17) is 4.74 Å². The lowest BCUT2D eigenvalue weighted by Gasteiger charge is -2.15.